The average molecular weight is 354 g/mol. The molecule has 1 N–H and O–H groups in total. The van der Waals surface area contributed by atoms with Crippen LogP contribution in [0.25, 0.3) is 0 Å². The van der Waals surface area contributed by atoms with Gasteiger partial charge in [-0.1, -0.05) is 23.5 Å². The monoisotopic (exact) mass is 354 g/mol. The molecule has 1 aromatic heterocycles. The highest BCUT2D eigenvalue weighted by molar-refractivity contribution is 7.15. The van der Waals surface area contributed by atoms with Crippen LogP contribution in [0, 0.1) is 23.7 Å². The Bertz CT molecular complexity index is 735. The lowest BCUT2D eigenvalue weighted by atomic mass is 9.85. The highest BCUT2D eigenvalue weighted by Gasteiger charge is 2.59. The van der Waals surface area contributed by atoms with Crippen LogP contribution < -0.4 is 5.32 Å². The zero-order valence-electron chi connectivity index (χ0n) is 12.2. The number of likely N-dealkylation sites (tertiary alicyclic amines) is 1. The number of imide groups is 1. The first-order chi connectivity index (χ1) is 11.5. The van der Waals surface area contributed by atoms with Crippen LogP contribution in [-0.2, 0) is 14.4 Å². The van der Waals surface area contributed by atoms with Gasteiger partial charge in [-0.2, -0.15) is 0 Å². The molecule has 24 heavy (non-hydrogen) atoms. The van der Waals surface area contributed by atoms with Gasteiger partial charge < -0.3 is 0 Å². The van der Waals surface area contributed by atoms with Gasteiger partial charge in [-0.3, -0.25) is 24.6 Å². The van der Waals surface area contributed by atoms with Crippen LogP contribution >= 0.6 is 11.3 Å². The summed E-state index contributed by atoms with van der Waals surface area (Å²) in [5.41, 5.74) is 0. The van der Waals surface area contributed by atoms with Gasteiger partial charge in [0, 0.05) is 0 Å². The van der Waals surface area contributed by atoms with Crippen molar-refractivity contribution in [2.45, 2.75) is 12.8 Å². The lowest BCUT2D eigenvalue weighted by Crippen LogP contribution is -2.39. The summed E-state index contributed by atoms with van der Waals surface area (Å²) in [6, 6.07) is 0. The van der Waals surface area contributed by atoms with E-state index in [2.05, 4.69) is 15.5 Å². The zero-order chi connectivity index (χ0) is 17.0. The van der Waals surface area contributed by atoms with Gasteiger partial charge in [0.1, 0.15) is 6.54 Å². The maximum Gasteiger partial charge on any atom is 0.291 e. The fourth-order valence-corrected chi connectivity index (χ4v) is 4.41. The summed E-state index contributed by atoms with van der Waals surface area (Å²) in [5, 5.41) is 8.40. The number of rotatable bonds is 4. The van der Waals surface area contributed by atoms with Gasteiger partial charge in [0.05, 0.1) is 11.8 Å². The third-order valence-corrected chi connectivity index (χ3v) is 5.58. The van der Waals surface area contributed by atoms with E-state index in [1.54, 1.807) is 0 Å². The number of hydrogen-bond donors (Lipinski definition) is 1. The second-order valence-corrected chi connectivity index (χ2v) is 7.07. The predicted molar refractivity (Wildman–Crippen MR) is 77.9 cm³/mol. The molecule has 0 aromatic carbocycles. The summed E-state index contributed by atoms with van der Waals surface area (Å²) in [6.45, 7) is -0.437. The van der Waals surface area contributed by atoms with Gasteiger partial charge in [-0.25, -0.2) is 8.78 Å². The number of aromatic nitrogens is 2. The number of carbonyl (C=O) groups is 3. The van der Waals surface area contributed by atoms with E-state index in [-0.39, 0.29) is 40.6 Å². The van der Waals surface area contributed by atoms with Gasteiger partial charge in [0.15, 0.2) is 5.01 Å². The van der Waals surface area contributed by atoms with Gasteiger partial charge in [-0.05, 0) is 18.3 Å². The molecule has 1 aromatic rings. The first-order valence-electron chi connectivity index (χ1n) is 7.40. The largest absolute Gasteiger partial charge is 0.299 e. The van der Waals surface area contributed by atoms with Crippen LogP contribution in [0.4, 0.5) is 13.9 Å². The Morgan fingerprint density at radius 2 is 1.88 bits per heavy atom. The fourth-order valence-electron chi connectivity index (χ4n) is 3.80. The summed E-state index contributed by atoms with van der Waals surface area (Å²) < 4.78 is 24.9. The summed E-state index contributed by atoms with van der Waals surface area (Å²) in [5.74, 6) is -1.92. The van der Waals surface area contributed by atoms with Crippen molar-refractivity contribution in [3.8, 4) is 0 Å². The van der Waals surface area contributed by atoms with Crippen LogP contribution in [0.3, 0.4) is 0 Å². The number of fused-ring (bicyclic) bond motifs is 5. The van der Waals surface area contributed by atoms with Crippen molar-refractivity contribution < 1.29 is 23.2 Å². The van der Waals surface area contributed by atoms with Crippen LogP contribution in [0.1, 0.15) is 17.9 Å². The zero-order valence-corrected chi connectivity index (χ0v) is 13.0. The summed E-state index contributed by atoms with van der Waals surface area (Å²) in [6.07, 6.45) is 1.98. The number of alkyl halides is 2. The fraction of sp³-hybridized carbons (Fsp3) is 0.500. The number of nitrogens with one attached hydrogen (secondary N) is 1. The molecule has 0 radical (unpaired) electrons. The maximum absolute atomic E-state index is 12.5. The molecule has 0 spiro atoms. The Morgan fingerprint density at radius 1 is 1.25 bits per heavy atom. The smallest absolute Gasteiger partial charge is 0.291 e. The topological polar surface area (TPSA) is 92.3 Å². The van der Waals surface area contributed by atoms with E-state index in [0.29, 0.717) is 11.3 Å². The number of carbonyl (C=O) groups excluding carboxylic acids is 3. The molecule has 4 atom stereocenters. The first kappa shape index (κ1) is 15.3. The molecular weight excluding hydrogens is 342 g/mol. The third-order valence-electron chi connectivity index (χ3n) is 4.74. The quantitative estimate of drug-likeness (QED) is 0.648. The molecule has 1 aliphatic heterocycles. The summed E-state index contributed by atoms with van der Waals surface area (Å²) >= 11 is 0.554. The number of hydrogen-bond acceptors (Lipinski definition) is 6. The van der Waals surface area contributed by atoms with E-state index >= 15 is 0 Å². The van der Waals surface area contributed by atoms with Crippen molar-refractivity contribution >= 4 is 34.2 Å². The van der Waals surface area contributed by atoms with Gasteiger partial charge in [0.2, 0.25) is 22.9 Å². The van der Waals surface area contributed by atoms with Crippen LogP contribution in [-0.4, -0.2) is 39.4 Å². The van der Waals surface area contributed by atoms with E-state index in [1.807, 2.05) is 12.2 Å². The minimum atomic E-state index is -2.77. The SMILES string of the molecule is O=C(CN1C(=O)C2C3C=CC(C3)C2C1=O)Nc1nnc(C(F)F)s1. The number of nitrogens with zero attached hydrogens (tertiary/aromatic N) is 3. The Hall–Kier alpha value is -2.23. The lowest BCUT2D eigenvalue weighted by Gasteiger charge is -2.16. The van der Waals surface area contributed by atoms with Crippen LogP contribution in [0.15, 0.2) is 12.2 Å². The van der Waals surface area contributed by atoms with Crippen molar-refractivity contribution in [2.24, 2.45) is 23.7 Å². The Morgan fingerprint density at radius 3 is 2.42 bits per heavy atom. The van der Waals surface area contributed by atoms with Crippen molar-refractivity contribution in [1.82, 2.24) is 15.1 Å². The van der Waals surface area contributed by atoms with Gasteiger partial charge in [-0.15, -0.1) is 10.2 Å². The predicted octanol–water partition coefficient (Wildman–Crippen LogP) is 1.22. The van der Waals surface area contributed by atoms with Crippen molar-refractivity contribution in [3.63, 3.8) is 0 Å². The number of amides is 3. The first-order valence-corrected chi connectivity index (χ1v) is 8.22. The molecule has 10 heteroatoms. The van der Waals surface area contributed by atoms with E-state index in [1.165, 1.54) is 0 Å². The molecule has 2 aliphatic carbocycles. The van der Waals surface area contributed by atoms with E-state index in [9.17, 15) is 23.2 Å². The minimum absolute atomic E-state index is 0.0706. The molecule has 2 heterocycles. The van der Waals surface area contributed by atoms with Crippen molar-refractivity contribution in [1.29, 1.82) is 0 Å². The molecule has 2 bridgehead atoms. The Balaban J connectivity index is 1.43. The minimum Gasteiger partial charge on any atom is -0.299 e. The molecule has 126 valence electrons. The van der Waals surface area contributed by atoms with Gasteiger partial charge in [0.25, 0.3) is 6.43 Å². The highest BCUT2D eigenvalue weighted by atomic mass is 32.1. The molecule has 1 saturated heterocycles. The van der Waals surface area contributed by atoms with E-state index in [4.69, 9.17) is 0 Å². The van der Waals surface area contributed by atoms with E-state index in [0.717, 1.165) is 11.3 Å². The van der Waals surface area contributed by atoms with Crippen molar-refractivity contribution in [3.05, 3.63) is 17.2 Å². The molecule has 7 nitrogen and oxygen atoms in total. The molecule has 4 rings (SSSR count). The maximum atomic E-state index is 12.5. The van der Waals surface area contributed by atoms with Crippen molar-refractivity contribution in [2.75, 3.05) is 11.9 Å². The second-order valence-electron chi connectivity index (χ2n) is 6.06. The average Bonchev–Trinajstić information content (AvgIpc) is 3.28. The third kappa shape index (κ3) is 2.24. The number of anilines is 1. The Kier molecular flexibility index (Phi) is 3.44. The Labute approximate surface area is 138 Å². The molecule has 3 aliphatic rings. The second kappa shape index (κ2) is 5.40. The van der Waals surface area contributed by atoms with Crippen LogP contribution in [0.5, 0.6) is 0 Å². The molecule has 4 unspecified atom stereocenters. The van der Waals surface area contributed by atoms with Gasteiger partial charge >= 0.3 is 0 Å². The molecular formula is C14H12F2N4O3S. The normalized spacial score (nSPS) is 30.5. The summed E-state index contributed by atoms with van der Waals surface area (Å²) in [7, 11) is 0. The molecule has 3 amide bonds. The number of halogens is 2. The summed E-state index contributed by atoms with van der Waals surface area (Å²) in [4.78, 5) is 37.9. The standard InChI is InChI=1S/C14H12F2N4O3S/c15-10(16)11-18-19-14(24-11)17-7(21)4-20-12(22)8-5-1-2-6(3-5)9(8)13(20)23/h1-2,5-6,8-10H,3-4H2,(H,17,19,21). The highest BCUT2D eigenvalue weighted by Crippen LogP contribution is 2.52. The number of allylic oxidation sites excluding steroid dienone is 2. The van der Waals surface area contributed by atoms with Crippen LogP contribution in [0.2, 0.25) is 0 Å². The van der Waals surface area contributed by atoms with E-state index < -0.39 is 23.9 Å². The molecule has 2 fully saturated rings. The molecule has 1 saturated carbocycles. The lowest BCUT2D eigenvalue weighted by molar-refractivity contribution is -0.143.